The molecule has 8 nitrogen and oxygen atoms in total. The zero-order chi connectivity index (χ0) is 39.9. The molecule has 1 aromatic carbocycles. The van der Waals surface area contributed by atoms with Crippen LogP contribution in [0.2, 0.25) is 0 Å². The van der Waals surface area contributed by atoms with Crippen LogP contribution in [-0.4, -0.2) is 59.3 Å². The van der Waals surface area contributed by atoms with Gasteiger partial charge in [0.1, 0.15) is 11.9 Å². The number of hydrogen-bond acceptors (Lipinski definition) is 7. The standard InChI is InChI=1S/C47H67N3O5/c1-29(2)38-33(51)27-47(40-49-25-19-32(50(40)26-24-48)30-13-11-10-12-14-30)23-22-45(8)31(39(38)47)15-16-35-44(7)20-18-36(55-37(52)28-42(3,4)41(53)54)43(5,6)34(44)17-21-46(35,45)9/h10-14,19,29,31,34-36H,15-18,20-28,48H2,1-9H3,(H,53,54)/t31-,34+,35-,36+,44+,45-,46-,47-/m1/s1. The van der Waals surface area contributed by atoms with Crippen LogP contribution in [-0.2, 0) is 19.1 Å². The van der Waals surface area contributed by atoms with E-state index in [0.29, 0.717) is 49.6 Å². The Morgan fingerprint density at radius 1 is 0.964 bits per heavy atom. The monoisotopic (exact) mass is 754 g/mol. The lowest BCUT2D eigenvalue weighted by molar-refractivity contribution is -0.232. The van der Waals surface area contributed by atoms with Crippen LogP contribution in [0, 0.1) is 56.2 Å². The number of ether oxygens (including phenoxy) is 1. The van der Waals surface area contributed by atoms with Crippen LogP contribution in [0.15, 0.2) is 52.5 Å². The summed E-state index contributed by atoms with van der Waals surface area (Å²) in [5, 5.41) is 9.65. The van der Waals surface area contributed by atoms with E-state index in [4.69, 9.17) is 15.5 Å². The first kappa shape index (κ1) is 40.0. The number of nitrogens with two attached hydrogens (primary N) is 1. The quantitative estimate of drug-likeness (QED) is 0.241. The fourth-order valence-corrected chi connectivity index (χ4v) is 13.9. The number of nitrogens with zero attached hydrogens (tertiary/aromatic N) is 2. The van der Waals surface area contributed by atoms with Gasteiger partial charge in [0.2, 0.25) is 0 Å². The zero-order valence-corrected chi connectivity index (χ0v) is 35.1. The third-order valence-electron chi connectivity index (χ3n) is 16.7. The smallest absolute Gasteiger partial charge is 0.309 e. The minimum Gasteiger partial charge on any atom is -0.481 e. The minimum absolute atomic E-state index is 0.00931. The number of ketones is 1. The van der Waals surface area contributed by atoms with E-state index in [9.17, 15) is 19.5 Å². The number of Topliss-reactive ketones (excluding diaryl/α,β-unsaturated/α-hetero) is 1. The van der Waals surface area contributed by atoms with Gasteiger partial charge in [0.15, 0.2) is 5.78 Å². The number of rotatable bonds is 9. The molecule has 1 aromatic rings. The lowest BCUT2D eigenvalue weighted by atomic mass is 9.33. The lowest BCUT2D eigenvalue weighted by Gasteiger charge is -2.72. The Bertz CT molecular complexity index is 1830. The molecule has 0 radical (unpaired) electrons. The van der Waals surface area contributed by atoms with Gasteiger partial charge < -0.3 is 20.5 Å². The van der Waals surface area contributed by atoms with Crippen molar-refractivity contribution < 1.29 is 24.2 Å². The highest BCUT2D eigenvalue weighted by molar-refractivity contribution is 6.10. The zero-order valence-electron chi connectivity index (χ0n) is 35.1. The number of esters is 1. The van der Waals surface area contributed by atoms with Crippen molar-refractivity contribution in [2.75, 3.05) is 19.6 Å². The predicted molar refractivity (Wildman–Crippen MR) is 218 cm³/mol. The molecule has 8 atom stereocenters. The Morgan fingerprint density at radius 2 is 1.67 bits per heavy atom. The summed E-state index contributed by atoms with van der Waals surface area (Å²) in [5.74, 6) is 1.29. The predicted octanol–water partition coefficient (Wildman–Crippen LogP) is 9.09. The van der Waals surface area contributed by atoms with Crippen LogP contribution < -0.4 is 5.73 Å². The molecule has 3 N–H and O–H groups in total. The van der Waals surface area contributed by atoms with Crippen LogP contribution in [0.1, 0.15) is 132 Å². The van der Waals surface area contributed by atoms with Gasteiger partial charge in [-0.3, -0.25) is 19.4 Å². The molecule has 0 bridgehead atoms. The summed E-state index contributed by atoms with van der Waals surface area (Å²) in [7, 11) is 0. The Morgan fingerprint density at radius 3 is 2.33 bits per heavy atom. The highest BCUT2D eigenvalue weighted by Crippen LogP contribution is 2.77. The molecule has 7 rings (SSSR count). The van der Waals surface area contributed by atoms with Gasteiger partial charge >= 0.3 is 11.9 Å². The number of fused-ring (bicyclic) bond motifs is 7. The maximum Gasteiger partial charge on any atom is 0.309 e. The number of aliphatic carboxylic acids is 1. The highest BCUT2D eigenvalue weighted by Gasteiger charge is 2.71. The first-order chi connectivity index (χ1) is 25.8. The van der Waals surface area contributed by atoms with Crippen molar-refractivity contribution in [3.05, 3.63) is 53.1 Å². The van der Waals surface area contributed by atoms with Gasteiger partial charge in [0.25, 0.3) is 0 Å². The summed E-state index contributed by atoms with van der Waals surface area (Å²) in [6.07, 6.45) is 10.5. The number of carbonyl (C=O) groups excluding carboxylic acids is 2. The van der Waals surface area contributed by atoms with Crippen molar-refractivity contribution in [3.8, 4) is 0 Å². The minimum atomic E-state index is -1.16. The molecule has 0 spiro atoms. The van der Waals surface area contributed by atoms with Crippen LogP contribution in [0.5, 0.6) is 0 Å². The molecule has 4 fully saturated rings. The second kappa shape index (κ2) is 13.7. The topological polar surface area (TPSA) is 122 Å². The third-order valence-corrected chi connectivity index (χ3v) is 16.7. The van der Waals surface area contributed by atoms with Gasteiger partial charge in [-0.2, -0.15) is 0 Å². The van der Waals surface area contributed by atoms with Crippen LogP contribution in [0.3, 0.4) is 0 Å². The first-order valence-corrected chi connectivity index (χ1v) is 21.3. The second-order valence-corrected chi connectivity index (χ2v) is 20.5. The lowest BCUT2D eigenvalue weighted by Crippen LogP contribution is -2.66. The number of benzene rings is 1. The summed E-state index contributed by atoms with van der Waals surface area (Å²) in [4.78, 5) is 47.2. The average molecular weight is 754 g/mol. The molecule has 1 heterocycles. The highest BCUT2D eigenvalue weighted by atomic mass is 16.5. The molecule has 0 unspecified atom stereocenters. The summed E-state index contributed by atoms with van der Waals surface area (Å²) in [5.41, 5.74) is 9.47. The summed E-state index contributed by atoms with van der Waals surface area (Å²) >= 11 is 0. The van der Waals surface area contributed by atoms with E-state index in [0.717, 1.165) is 74.0 Å². The van der Waals surface area contributed by atoms with Gasteiger partial charge in [-0.05, 0) is 128 Å². The van der Waals surface area contributed by atoms with Gasteiger partial charge in [-0.15, -0.1) is 0 Å². The number of amidine groups is 1. The Balaban J connectivity index is 1.22. The number of carboxylic acid groups (broad SMARTS) is 1. The summed E-state index contributed by atoms with van der Waals surface area (Å²) in [6.45, 7) is 21.7. The Hall–Kier alpha value is -3.26. The van der Waals surface area contributed by atoms with Gasteiger partial charge in [-0.1, -0.05) is 78.8 Å². The van der Waals surface area contributed by atoms with Gasteiger partial charge in [-0.25, -0.2) is 0 Å². The molecule has 0 saturated heterocycles. The molecular weight excluding hydrogens is 687 g/mol. The molecule has 0 aromatic heterocycles. The fourth-order valence-electron chi connectivity index (χ4n) is 13.9. The normalized spacial score (nSPS) is 37.0. The van der Waals surface area contributed by atoms with Crippen molar-refractivity contribution in [2.45, 2.75) is 133 Å². The molecule has 6 aliphatic rings. The molecule has 55 heavy (non-hydrogen) atoms. The maximum atomic E-state index is 14.5. The Kier molecular flexibility index (Phi) is 9.95. The summed E-state index contributed by atoms with van der Waals surface area (Å²) < 4.78 is 6.21. The number of carbonyl (C=O) groups is 3. The van der Waals surface area contributed by atoms with Crippen molar-refractivity contribution in [1.82, 2.24) is 4.90 Å². The fraction of sp³-hybridized carbons (Fsp3) is 0.702. The number of carboxylic acids is 1. The van der Waals surface area contributed by atoms with E-state index in [1.807, 2.05) is 0 Å². The molecular formula is C47H67N3O5. The number of aliphatic imine (C=N–C) groups is 1. The maximum absolute atomic E-state index is 14.5. The molecule has 4 saturated carbocycles. The number of hydrogen-bond donors (Lipinski definition) is 2. The molecule has 5 aliphatic carbocycles. The van der Waals surface area contributed by atoms with Crippen LogP contribution in [0.25, 0.3) is 5.70 Å². The van der Waals surface area contributed by atoms with Crippen molar-refractivity contribution >= 4 is 29.3 Å². The molecule has 8 heteroatoms. The van der Waals surface area contributed by atoms with Crippen LogP contribution in [0.4, 0.5) is 0 Å². The number of allylic oxidation sites excluding steroid dienone is 1. The second-order valence-electron chi connectivity index (χ2n) is 20.5. The van der Waals surface area contributed by atoms with Crippen molar-refractivity contribution in [3.63, 3.8) is 0 Å². The molecule has 1 aliphatic heterocycles. The SMILES string of the molecule is CC(C)C1=C2[C@H]3CC[C@@H]4[C@@]5(C)CC[C@H](OC(=O)CC(C)(C)C(=O)O)C(C)(C)[C@@H]5CC[C@@]4(C)[C@]3(C)CC[C@@]2(C2=NCC=C(c3ccccc3)N2CCN)CC1=O. The average Bonchev–Trinajstić information content (AvgIpc) is 3.43. The third kappa shape index (κ3) is 5.92. The van der Waals surface area contributed by atoms with Crippen LogP contribution >= 0.6 is 0 Å². The van der Waals surface area contributed by atoms with E-state index in [1.54, 1.807) is 13.8 Å². The van der Waals surface area contributed by atoms with Crippen molar-refractivity contribution in [1.29, 1.82) is 0 Å². The van der Waals surface area contributed by atoms with Gasteiger partial charge in [0.05, 0.1) is 23.8 Å². The molecule has 0 amide bonds. The molecule has 300 valence electrons. The first-order valence-electron chi connectivity index (χ1n) is 21.3. The largest absolute Gasteiger partial charge is 0.481 e. The van der Waals surface area contributed by atoms with Gasteiger partial charge in [0, 0.05) is 30.6 Å². The van der Waals surface area contributed by atoms with E-state index in [-0.39, 0.29) is 40.1 Å². The summed E-state index contributed by atoms with van der Waals surface area (Å²) in [6, 6.07) is 10.6. The van der Waals surface area contributed by atoms with Crippen molar-refractivity contribution in [2.24, 2.45) is 66.9 Å². The Labute approximate surface area is 329 Å². The van der Waals surface area contributed by atoms with E-state index >= 15 is 0 Å². The van der Waals surface area contributed by atoms with E-state index in [1.165, 1.54) is 5.57 Å². The van der Waals surface area contributed by atoms with E-state index < -0.39 is 22.8 Å². The van der Waals surface area contributed by atoms with E-state index in [2.05, 4.69) is 89.8 Å².